The van der Waals surface area contributed by atoms with E-state index in [4.69, 9.17) is 14.0 Å². The summed E-state index contributed by atoms with van der Waals surface area (Å²) in [6.45, 7) is 3.21. The topological polar surface area (TPSA) is 142 Å². The van der Waals surface area contributed by atoms with Gasteiger partial charge in [-0.25, -0.2) is 14.5 Å². The molecule has 12 nitrogen and oxygen atoms in total. The zero-order valence-corrected chi connectivity index (χ0v) is 19.3. The molecule has 1 fully saturated rings. The molecule has 2 N–H and O–H groups in total. The maximum absolute atomic E-state index is 12.6. The first-order valence-electron chi connectivity index (χ1n) is 11.4. The second-order valence-corrected chi connectivity index (χ2v) is 8.33. The molecule has 182 valence electrons. The van der Waals surface area contributed by atoms with E-state index < -0.39 is 0 Å². The van der Waals surface area contributed by atoms with Gasteiger partial charge in [-0.15, -0.1) is 5.10 Å². The van der Waals surface area contributed by atoms with Gasteiger partial charge in [0.05, 0.1) is 13.2 Å². The Bertz CT molecular complexity index is 1560. The summed E-state index contributed by atoms with van der Waals surface area (Å²) in [5.74, 6) is 2.38. The number of nitrogens with one attached hydrogen (secondary N) is 2. The van der Waals surface area contributed by atoms with Crippen LogP contribution in [-0.4, -0.2) is 61.5 Å². The maximum Gasteiger partial charge on any atom is 0.240 e. The largest absolute Gasteiger partial charge is 0.468 e. The van der Waals surface area contributed by atoms with Crippen LogP contribution in [0.15, 0.2) is 53.4 Å². The molecule has 0 aliphatic carbocycles. The Morgan fingerprint density at radius 1 is 1.19 bits per heavy atom. The Balaban J connectivity index is 1.11. The number of aryl methyl sites for hydroxylation is 1. The average Bonchev–Trinajstić information content (AvgIpc) is 3.47. The fourth-order valence-corrected chi connectivity index (χ4v) is 3.85. The Morgan fingerprint density at radius 2 is 2.11 bits per heavy atom. The molecule has 0 radical (unpaired) electrons. The molecule has 4 aromatic heterocycles. The number of ether oxygens (including phenoxy) is 2. The number of pyridine rings is 1. The van der Waals surface area contributed by atoms with Crippen LogP contribution in [0.3, 0.4) is 0 Å². The Kier molecular flexibility index (Phi) is 5.62. The van der Waals surface area contributed by atoms with Crippen LogP contribution in [0.1, 0.15) is 12.3 Å². The minimum absolute atomic E-state index is 0.0159. The van der Waals surface area contributed by atoms with Gasteiger partial charge in [-0.3, -0.25) is 4.79 Å². The highest BCUT2D eigenvalue weighted by atomic mass is 16.6. The van der Waals surface area contributed by atoms with Gasteiger partial charge in [0, 0.05) is 55.5 Å². The molecule has 12 heteroatoms. The lowest BCUT2D eigenvalue weighted by molar-refractivity contribution is -0.116. The minimum Gasteiger partial charge on any atom is -0.468 e. The molecule has 1 amide bonds. The number of anilines is 2. The normalized spacial score (nSPS) is 13.6. The quantitative estimate of drug-likeness (QED) is 0.336. The summed E-state index contributed by atoms with van der Waals surface area (Å²) in [5.41, 5.74) is 1.49. The SMILES string of the molecule is Cc1nc(-c2ccc3ccnc(NCCC(=O)Nc4cc5c(OC6COC6)nccn5n4)c3c2)no1. The summed E-state index contributed by atoms with van der Waals surface area (Å²) in [7, 11) is 0. The van der Waals surface area contributed by atoms with E-state index in [-0.39, 0.29) is 18.4 Å². The third kappa shape index (κ3) is 4.41. The van der Waals surface area contributed by atoms with Crippen LogP contribution in [0, 0.1) is 6.92 Å². The molecular weight excluding hydrogens is 464 g/mol. The second kappa shape index (κ2) is 9.23. The predicted octanol–water partition coefficient (Wildman–Crippen LogP) is 2.85. The number of rotatable bonds is 8. The van der Waals surface area contributed by atoms with Gasteiger partial charge in [-0.1, -0.05) is 17.3 Å². The lowest BCUT2D eigenvalue weighted by Gasteiger charge is -2.26. The molecular formula is C24H22N8O4. The van der Waals surface area contributed by atoms with Crippen LogP contribution >= 0.6 is 0 Å². The number of fused-ring (bicyclic) bond motifs is 2. The predicted molar refractivity (Wildman–Crippen MR) is 130 cm³/mol. The van der Waals surface area contributed by atoms with Crippen molar-refractivity contribution >= 4 is 33.8 Å². The molecule has 6 rings (SSSR count). The number of carbonyl (C=O) groups is 1. The van der Waals surface area contributed by atoms with Crippen molar-refractivity contribution in [2.45, 2.75) is 19.4 Å². The number of nitrogens with zero attached hydrogens (tertiary/aromatic N) is 6. The standard InChI is InChI=1S/C24H22N8O4/c1-14-28-22(31-36-14)16-3-2-15-4-6-25-23(18(15)10-16)26-7-5-21(33)29-20-11-19-24(35-17-12-34-13-17)27-8-9-32(19)30-20/h2-4,6,8-11,17H,5,7,12-13H2,1H3,(H,25,26)(H,29,30,33). The van der Waals surface area contributed by atoms with E-state index >= 15 is 0 Å². The molecule has 0 unspecified atom stereocenters. The number of aromatic nitrogens is 6. The third-order valence-corrected chi connectivity index (χ3v) is 5.70. The van der Waals surface area contributed by atoms with Crippen molar-refractivity contribution in [3.63, 3.8) is 0 Å². The maximum atomic E-state index is 12.6. The first-order chi connectivity index (χ1) is 17.6. The zero-order chi connectivity index (χ0) is 24.5. The van der Waals surface area contributed by atoms with E-state index in [0.29, 0.717) is 54.5 Å². The van der Waals surface area contributed by atoms with Crippen LogP contribution in [-0.2, 0) is 9.53 Å². The second-order valence-electron chi connectivity index (χ2n) is 8.33. The van der Waals surface area contributed by atoms with Gasteiger partial charge < -0.3 is 24.6 Å². The summed E-state index contributed by atoms with van der Waals surface area (Å²) >= 11 is 0. The summed E-state index contributed by atoms with van der Waals surface area (Å²) in [6.07, 6.45) is 5.23. The van der Waals surface area contributed by atoms with Crippen LogP contribution in [0.5, 0.6) is 5.88 Å². The number of hydrogen-bond acceptors (Lipinski definition) is 10. The molecule has 5 aromatic rings. The van der Waals surface area contributed by atoms with Gasteiger partial charge >= 0.3 is 0 Å². The third-order valence-electron chi connectivity index (χ3n) is 5.70. The molecule has 36 heavy (non-hydrogen) atoms. The smallest absolute Gasteiger partial charge is 0.240 e. The Hall–Kier alpha value is -4.58. The van der Waals surface area contributed by atoms with Crippen molar-refractivity contribution in [2.24, 2.45) is 0 Å². The first-order valence-corrected chi connectivity index (χ1v) is 11.4. The molecule has 1 saturated heterocycles. The average molecular weight is 486 g/mol. The van der Waals surface area contributed by atoms with Crippen LogP contribution in [0.2, 0.25) is 0 Å². The van der Waals surface area contributed by atoms with Gasteiger partial charge in [-0.05, 0) is 17.5 Å². The van der Waals surface area contributed by atoms with Gasteiger partial charge in [0.1, 0.15) is 17.4 Å². The fourth-order valence-electron chi connectivity index (χ4n) is 3.85. The summed E-state index contributed by atoms with van der Waals surface area (Å²) in [4.78, 5) is 25.6. The highest BCUT2D eigenvalue weighted by Gasteiger charge is 2.22. The van der Waals surface area contributed by atoms with Crippen molar-refractivity contribution in [3.05, 3.63) is 54.8 Å². The first kappa shape index (κ1) is 21.9. The molecule has 0 spiro atoms. The van der Waals surface area contributed by atoms with Gasteiger partial charge in [0.15, 0.2) is 5.82 Å². The van der Waals surface area contributed by atoms with E-state index in [1.54, 1.807) is 36.1 Å². The number of carbonyl (C=O) groups excluding carboxylic acids is 1. The van der Waals surface area contributed by atoms with Gasteiger partial charge in [0.2, 0.25) is 23.5 Å². The summed E-state index contributed by atoms with van der Waals surface area (Å²) < 4.78 is 17.7. The summed E-state index contributed by atoms with van der Waals surface area (Å²) in [6, 6.07) is 9.53. The number of amides is 1. The van der Waals surface area contributed by atoms with E-state index in [9.17, 15) is 4.79 Å². The fraction of sp³-hybridized carbons (Fsp3) is 0.250. The lowest BCUT2D eigenvalue weighted by Crippen LogP contribution is -2.38. The van der Waals surface area contributed by atoms with E-state index in [1.165, 1.54) is 0 Å². The van der Waals surface area contributed by atoms with Crippen LogP contribution in [0.25, 0.3) is 27.7 Å². The van der Waals surface area contributed by atoms with Crippen molar-refractivity contribution in [1.29, 1.82) is 0 Å². The van der Waals surface area contributed by atoms with E-state index in [1.807, 2.05) is 24.3 Å². The Labute approximate surface area is 204 Å². The molecule has 5 heterocycles. The van der Waals surface area contributed by atoms with E-state index in [2.05, 4.69) is 35.8 Å². The van der Waals surface area contributed by atoms with Crippen molar-refractivity contribution in [1.82, 2.24) is 29.7 Å². The molecule has 0 saturated carbocycles. The molecule has 1 aliphatic rings. The van der Waals surface area contributed by atoms with Crippen LogP contribution in [0.4, 0.5) is 11.6 Å². The van der Waals surface area contributed by atoms with E-state index in [0.717, 1.165) is 16.3 Å². The Morgan fingerprint density at radius 3 is 2.92 bits per heavy atom. The van der Waals surface area contributed by atoms with Crippen LogP contribution < -0.4 is 15.4 Å². The number of benzene rings is 1. The highest BCUT2D eigenvalue weighted by molar-refractivity contribution is 5.95. The van der Waals surface area contributed by atoms with Crippen molar-refractivity contribution < 1.29 is 18.8 Å². The number of hydrogen-bond donors (Lipinski definition) is 2. The van der Waals surface area contributed by atoms with Crippen molar-refractivity contribution in [2.75, 3.05) is 30.4 Å². The summed E-state index contributed by atoms with van der Waals surface area (Å²) in [5, 5.41) is 16.4. The molecule has 0 atom stereocenters. The van der Waals surface area contributed by atoms with Crippen molar-refractivity contribution in [3.8, 4) is 17.3 Å². The van der Waals surface area contributed by atoms with Gasteiger partial charge in [-0.2, -0.15) is 4.98 Å². The molecule has 0 bridgehead atoms. The zero-order valence-electron chi connectivity index (χ0n) is 19.3. The monoisotopic (exact) mass is 486 g/mol. The lowest BCUT2D eigenvalue weighted by atomic mass is 10.1. The molecule has 1 aliphatic heterocycles. The highest BCUT2D eigenvalue weighted by Crippen LogP contribution is 2.27. The molecule has 1 aromatic carbocycles. The van der Waals surface area contributed by atoms with Gasteiger partial charge in [0.25, 0.3) is 0 Å². The minimum atomic E-state index is -0.183.